The Morgan fingerprint density at radius 2 is 1.81 bits per heavy atom. The molecule has 1 aromatic rings. The topological polar surface area (TPSA) is 29.1 Å². The van der Waals surface area contributed by atoms with Gasteiger partial charge in [0.25, 0.3) is 5.91 Å². The first-order chi connectivity index (χ1) is 7.45. The zero-order valence-electron chi connectivity index (χ0n) is 8.51. The highest BCUT2D eigenvalue weighted by molar-refractivity contribution is 5.94. The Morgan fingerprint density at radius 1 is 1.25 bits per heavy atom. The van der Waals surface area contributed by atoms with Crippen molar-refractivity contribution < 1.29 is 18.0 Å². The molecule has 0 unspecified atom stereocenters. The van der Waals surface area contributed by atoms with Gasteiger partial charge in [-0.1, -0.05) is 6.08 Å². The summed E-state index contributed by atoms with van der Waals surface area (Å²) in [4.78, 5) is 11.3. The van der Waals surface area contributed by atoms with E-state index in [4.69, 9.17) is 0 Å². The second-order valence-corrected chi connectivity index (χ2v) is 3.05. The lowest BCUT2D eigenvalue weighted by molar-refractivity contribution is -0.137. The molecule has 1 N–H and O–H groups in total. The molecule has 2 nitrogen and oxygen atoms in total. The minimum absolute atomic E-state index is 0.186. The van der Waals surface area contributed by atoms with E-state index in [-0.39, 0.29) is 5.56 Å². The van der Waals surface area contributed by atoms with Gasteiger partial charge in [0.05, 0.1) is 5.56 Å². The number of rotatable bonds is 2. The minimum atomic E-state index is -4.38. The number of nitrogens with one attached hydrogen (secondary N) is 1. The van der Waals surface area contributed by atoms with Crippen LogP contribution in [-0.2, 0) is 6.18 Å². The van der Waals surface area contributed by atoms with Crippen molar-refractivity contribution in [1.29, 1.82) is 0 Å². The zero-order valence-corrected chi connectivity index (χ0v) is 8.51. The molecule has 0 atom stereocenters. The van der Waals surface area contributed by atoms with Crippen molar-refractivity contribution in [3.8, 4) is 0 Å². The number of hydrogen-bond donors (Lipinski definition) is 1. The Kier molecular flexibility index (Phi) is 3.71. The Labute approximate surface area is 90.8 Å². The second-order valence-electron chi connectivity index (χ2n) is 3.05. The number of benzene rings is 1. The molecule has 0 saturated carbocycles. The number of alkyl halides is 3. The number of halogens is 3. The van der Waals surface area contributed by atoms with Crippen molar-refractivity contribution in [3.63, 3.8) is 0 Å². The molecule has 1 amide bonds. The summed E-state index contributed by atoms with van der Waals surface area (Å²) < 4.78 is 36.6. The van der Waals surface area contributed by atoms with E-state index in [2.05, 4.69) is 5.32 Å². The Balaban J connectivity index is 2.83. The fraction of sp³-hybridized carbons (Fsp3) is 0.182. The summed E-state index contributed by atoms with van der Waals surface area (Å²) in [5.41, 5.74) is -0.582. The maximum absolute atomic E-state index is 12.2. The van der Waals surface area contributed by atoms with E-state index in [1.807, 2.05) is 0 Å². The van der Waals surface area contributed by atoms with Crippen molar-refractivity contribution in [3.05, 3.63) is 47.7 Å². The third kappa shape index (κ3) is 3.12. The van der Waals surface area contributed by atoms with Crippen LogP contribution in [0.5, 0.6) is 0 Å². The average Bonchev–Trinajstić information content (AvgIpc) is 2.25. The van der Waals surface area contributed by atoms with Crippen LogP contribution in [0.1, 0.15) is 22.8 Å². The highest BCUT2D eigenvalue weighted by Gasteiger charge is 2.30. The van der Waals surface area contributed by atoms with Gasteiger partial charge in [-0.2, -0.15) is 13.2 Å². The first-order valence-corrected chi connectivity index (χ1v) is 4.54. The van der Waals surface area contributed by atoms with Gasteiger partial charge in [0.1, 0.15) is 0 Å². The van der Waals surface area contributed by atoms with Crippen LogP contribution in [0.25, 0.3) is 0 Å². The van der Waals surface area contributed by atoms with Crippen LogP contribution in [0.2, 0.25) is 0 Å². The highest BCUT2D eigenvalue weighted by atomic mass is 19.4. The van der Waals surface area contributed by atoms with Gasteiger partial charge in [-0.15, -0.1) is 0 Å². The summed E-state index contributed by atoms with van der Waals surface area (Å²) >= 11 is 0. The molecular formula is C11H10F3NO. The predicted molar refractivity (Wildman–Crippen MR) is 53.7 cm³/mol. The van der Waals surface area contributed by atoms with Gasteiger partial charge in [0, 0.05) is 5.56 Å². The summed E-state index contributed by atoms with van der Waals surface area (Å²) in [5, 5.41) is 2.41. The fourth-order valence-corrected chi connectivity index (χ4v) is 1.05. The quantitative estimate of drug-likeness (QED) is 0.829. The standard InChI is InChI=1S/C11H10F3NO/c1-2-7-15-10(16)8-3-5-9(6-4-8)11(12,13)14/h2-7H,1H3,(H,15,16)/b7-2-. The van der Waals surface area contributed by atoms with E-state index in [1.165, 1.54) is 6.20 Å². The van der Waals surface area contributed by atoms with E-state index in [1.54, 1.807) is 13.0 Å². The molecule has 0 aliphatic carbocycles. The lowest BCUT2D eigenvalue weighted by Crippen LogP contribution is -2.17. The minimum Gasteiger partial charge on any atom is -0.329 e. The number of carbonyl (C=O) groups excluding carboxylic acids is 1. The Hall–Kier alpha value is -1.78. The van der Waals surface area contributed by atoms with Crippen LogP contribution in [0.4, 0.5) is 13.2 Å². The molecule has 5 heteroatoms. The molecule has 1 rings (SSSR count). The summed E-state index contributed by atoms with van der Waals surface area (Å²) in [5.74, 6) is -0.438. The van der Waals surface area contributed by atoms with Crippen molar-refractivity contribution in [2.75, 3.05) is 0 Å². The molecule has 0 aliphatic rings. The van der Waals surface area contributed by atoms with Crippen molar-refractivity contribution in [2.24, 2.45) is 0 Å². The monoisotopic (exact) mass is 229 g/mol. The van der Waals surface area contributed by atoms with Crippen LogP contribution in [0.3, 0.4) is 0 Å². The summed E-state index contributed by atoms with van der Waals surface area (Å²) in [6.07, 6.45) is -1.35. The largest absolute Gasteiger partial charge is 0.416 e. The van der Waals surface area contributed by atoms with E-state index < -0.39 is 17.6 Å². The molecule has 16 heavy (non-hydrogen) atoms. The van der Waals surface area contributed by atoms with Crippen LogP contribution in [0.15, 0.2) is 36.5 Å². The van der Waals surface area contributed by atoms with Crippen LogP contribution in [0, 0.1) is 0 Å². The number of hydrogen-bond acceptors (Lipinski definition) is 1. The fourth-order valence-electron chi connectivity index (χ4n) is 1.05. The predicted octanol–water partition coefficient (Wildman–Crippen LogP) is 2.97. The van der Waals surface area contributed by atoms with Gasteiger partial charge in [0.2, 0.25) is 0 Å². The van der Waals surface area contributed by atoms with Crippen molar-refractivity contribution in [1.82, 2.24) is 5.32 Å². The molecule has 0 aromatic heterocycles. The molecule has 0 spiro atoms. The molecule has 0 heterocycles. The summed E-state index contributed by atoms with van der Waals surface area (Å²) in [6.45, 7) is 1.72. The average molecular weight is 229 g/mol. The number of allylic oxidation sites excluding steroid dienone is 1. The number of amides is 1. The van der Waals surface area contributed by atoms with Crippen LogP contribution in [-0.4, -0.2) is 5.91 Å². The maximum atomic E-state index is 12.2. The summed E-state index contributed by atoms with van der Waals surface area (Å²) in [6, 6.07) is 4.04. The molecule has 0 aliphatic heterocycles. The molecular weight excluding hydrogens is 219 g/mol. The molecule has 0 fully saturated rings. The Morgan fingerprint density at radius 3 is 2.25 bits per heavy atom. The first-order valence-electron chi connectivity index (χ1n) is 4.54. The van der Waals surface area contributed by atoms with Crippen LogP contribution < -0.4 is 5.32 Å². The SMILES string of the molecule is C/C=C\NC(=O)c1ccc(C(F)(F)F)cc1. The molecule has 1 aromatic carbocycles. The van der Waals surface area contributed by atoms with Crippen molar-refractivity contribution in [2.45, 2.75) is 13.1 Å². The van der Waals surface area contributed by atoms with E-state index >= 15 is 0 Å². The summed E-state index contributed by atoms with van der Waals surface area (Å²) in [7, 11) is 0. The third-order valence-electron chi connectivity index (χ3n) is 1.86. The lowest BCUT2D eigenvalue weighted by atomic mass is 10.1. The van der Waals surface area contributed by atoms with Gasteiger partial charge in [-0.05, 0) is 37.4 Å². The van der Waals surface area contributed by atoms with Crippen molar-refractivity contribution >= 4 is 5.91 Å². The third-order valence-corrected chi connectivity index (χ3v) is 1.86. The van der Waals surface area contributed by atoms with E-state index in [0.717, 1.165) is 24.3 Å². The second kappa shape index (κ2) is 4.83. The molecule has 0 bridgehead atoms. The molecule has 0 radical (unpaired) electrons. The van der Waals surface area contributed by atoms with E-state index in [9.17, 15) is 18.0 Å². The maximum Gasteiger partial charge on any atom is 0.416 e. The Bertz CT molecular complexity index is 393. The smallest absolute Gasteiger partial charge is 0.329 e. The molecule has 0 saturated heterocycles. The first kappa shape index (κ1) is 12.3. The highest BCUT2D eigenvalue weighted by Crippen LogP contribution is 2.28. The molecule has 86 valence electrons. The van der Waals surface area contributed by atoms with Gasteiger partial charge >= 0.3 is 6.18 Å². The normalized spacial score (nSPS) is 11.8. The zero-order chi connectivity index (χ0) is 12.2. The van der Waals surface area contributed by atoms with E-state index in [0.29, 0.717) is 0 Å². The van der Waals surface area contributed by atoms with Crippen LogP contribution >= 0.6 is 0 Å². The van der Waals surface area contributed by atoms with Gasteiger partial charge in [-0.3, -0.25) is 4.79 Å². The van der Waals surface area contributed by atoms with Gasteiger partial charge in [-0.25, -0.2) is 0 Å². The van der Waals surface area contributed by atoms with Gasteiger partial charge < -0.3 is 5.32 Å². The number of carbonyl (C=O) groups is 1. The van der Waals surface area contributed by atoms with Gasteiger partial charge in [0.15, 0.2) is 0 Å². The lowest BCUT2D eigenvalue weighted by Gasteiger charge is -2.06.